The molecule has 182 valence electrons. The predicted octanol–water partition coefficient (Wildman–Crippen LogP) is 3.89. The smallest absolute Gasteiger partial charge is 0.408 e. The number of hydrogen-bond donors (Lipinski definition) is 1. The van der Waals surface area contributed by atoms with Crippen LogP contribution in [0.1, 0.15) is 44.4 Å². The molecule has 1 N–H and O–H groups in total. The molecule has 0 saturated heterocycles. The molecule has 0 fully saturated rings. The quantitative estimate of drug-likeness (QED) is 0.597. The highest BCUT2D eigenvalue weighted by Gasteiger charge is 2.38. The number of rotatable bonds is 8. The number of ether oxygens (including phenoxy) is 2. The van der Waals surface area contributed by atoms with Crippen molar-refractivity contribution in [2.75, 3.05) is 13.2 Å². The molecule has 0 saturated carbocycles. The van der Waals surface area contributed by atoms with Crippen molar-refractivity contribution >= 4 is 18.0 Å². The number of nitrogens with zero attached hydrogens (tertiary/aromatic N) is 1. The number of amides is 2. The zero-order chi connectivity index (χ0) is 24.7. The third-order valence-electron chi connectivity index (χ3n) is 5.65. The van der Waals surface area contributed by atoms with Gasteiger partial charge in [0.2, 0.25) is 5.91 Å². The lowest BCUT2D eigenvalue weighted by molar-refractivity contribution is -0.150. The van der Waals surface area contributed by atoms with E-state index in [9.17, 15) is 14.4 Å². The summed E-state index contributed by atoms with van der Waals surface area (Å²) in [5, 5.41) is 2.82. The van der Waals surface area contributed by atoms with Gasteiger partial charge in [-0.15, -0.1) is 0 Å². The van der Waals surface area contributed by atoms with E-state index in [0.717, 1.165) is 16.7 Å². The SMILES string of the molecule is CCOC(=O)CN(Cc1ccccc1)C(=O)[C@H](NC(=O)OC(C)(C)C)C1Cc2ccccc2C1. The van der Waals surface area contributed by atoms with Gasteiger partial charge in [0.25, 0.3) is 0 Å². The second-order valence-electron chi connectivity index (χ2n) is 9.55. The van der Waals surface area contributed by atoms with Crippen LogP contribution in [0, 0.1) is 5.92 Å². The highest BCUT2D eigenvalue weighted by Crippen LogP contribution is 2.30. The van der Waals surface area contributed by atoms with E-state index in [4.69, 9.17) is 9.47 Å². The first-order valence-corrected chi connectivity index (χ1v) is 11.7. The Morgan fingerprint density at radius 2 is 1.59 bits per heavy atom. The number of benzene rings is 2. The van der Waals surface area contributed by atoms with Gasteiger partial charge in [-0.05, 0) is 63.1 Å². The number of carbonyl (C=O) groups is 3. The molecule has 34 heavy (non-hydrogen) atoms. The molecule has 0 unspecified atom stereocenters. The van der Waals surface area contributed by atoms with Gasteiger partial charge in [-0.2, -0.15) is 0 Å². The van der Waals surface area contributed by atoms with Crippen LogP contribution in [0.3, 0.4) is 0 Å². The summed E-state index contributed by atoms with van der Waals surface area (Å²) in [7, 11) is 0. The largest absolute Gasteiger partial charge is 0.465 e. The lowest BCUT2D eigenvalue weighted by Crippen LogP contribution is -2.54. The second kappa shape index (κ2) is 11.2. The van der Waals surface area contributed by atoms with Crippen LogP contribution in [0.2, 0.25) is 0 Å². The Morgan fingerprint density at radius 1 is 1.00 bits per heavy atom. The lowest BCUT2D eigenvalue weighted by Gasteiger charge is -2.31. The van der Waals surface area contributed by atoms with Crippen molar-refractivity contribution in [3.8, 4) is 0 Å². The van der Waals surface area contributed by atoms with E-state index >= 15 is 0 Å². The Labute approximate surface area is 201 Å². The zero-order valence-electron chi connectivity index (χ0n) is 20.4. The van der Waals surface area contributed by atoms with Gasteiger partial charge >= 0.3 is 12.1 Å². The number of hydrogen-bond acceptors (Lipinski definition) is 5. The van der Waals surface area contributed by atoms with E-state index in [-0.39, 0.29) is 31.5 Å². The molecule has 7 nitrogen and oxygen atoms in total. The summed E-state index contributed by atoms with van der Waals surface area (Å²) in [4.78, 5) is 40.4. The highest BCUT2D eigenvalue weighted by molar-refractivity contribution is 5.89. The molecule has 2 aromatic carbocycles. The van der Waals surface area contributed by atoms with E-state index in [1.54, 1.807) is 27.7 Å². The maximum atomic E-state index is 13.9. The van der Waals surface area contributed by atoms with Crippen molar-refractivity contribution in [2.24, 2.45) is 5.92 Å². The van der Waals surface area contributed by atoms with Crippen LogP contribution in [-0.2, 0) is 38.4 Å². The lowest BCUT2D eigenvalue weighted by atomic mass is 9.95. The first-order chi connectivity index (χ1) is 16.2. The van der Waals surface area contributed by atoms with E-state index in [1.807, 2.05) is 54.6 Å². The maximum Gasteiger partial charge on any atom is 0.408 e. The molecule has 2 amide bonds. The summed E-state index contributed by atoms with van der Waals surface area (Å²) >= 11 is 0. The molecule has 1 aliphatic rings. The van der Waals surface area contributed by atoms with Gasteiger partial charge in [0.15, 0.2) is 0 Å². The van der Waals surface area contributed by atoms with Gasteiger partial charge in [-0.1, -0.05) is 54.6 Å². The van der Waals surface area contributed by atoms with Crippen LogP contribution in [0.15, 0.2) is 54.6 Å². The van der Waals surface area contributed by atoms with Crippen LogP contribution in [0.5, 0.6) is 0 Å². The number of esters is 1. The van der Waals surface area contributed by atoms with Crippen LogP contribution in [0.25, 0.3) is 0 Å². The van der Waals surface area contributed by atoms with Gasteiger partial charge in [-0.3, -0.25) is 9.59 Å². The number of nitrogens with one attached hydrogen (secondary N) is 1. The number of alkyl carbamates (subject to hydrolysis) is 1. The van der Waals surface area contributed by atoms with E-state index < -0.39 is 23.7 Å². The van der Waals surface area contributed by atoms with Crippen LogP contribution >= 0.6 is 0 Å². The van der Waals surface area contributed by atoms with Crippen molar-refractivity contribution in [3.63, 3.8) is 0 Å². The first kappa shape index (κ1) is 25.3. The van der Waals surface area contributed by atoms with Gasteiger partial charge < -0.3 is 19.7 Å². The molecule has 3 rings (SSSR count). The van der Waals surface area contributed by atoms with E-state index in [1.165, 1.54) is 4.90 Å². The monoisotopic (exact) mass is 466 g/mol. The molecular weight excluding hydrogens is 432 g/mol. The fraction of sp³-hybridized carbons (Fsp3) is 0.444. The second-order valence-corrected chi connectivity index (χ2v) is 9.55. The minimum absolute atomic E-state index is 0.155. The molecule has 0 aromatic heterocycles. The summed E-state index contributed by atoms with van der Waals surface area (Å²) in [6.07, 6.45) is 0.652. The Morgan fingerprint density at radius 3 is 2.15 bits per heavy atom. The molecule has 0 aliphatic heterocycles. The van der Waals surface area contributed by atoms with E-state index in [2.05, 4.69) is 5.32 Å². The number of fused-ring (bicyclic) bond motifs is 1. The molecule has 7 heteroatoms. The topological polar surface area (TPSA) is 84.9 Å². The third-order valence-corrected chi connectivity index (χ3v) is 5.65. The summed E-state index contributed by atoms with van der Waals surface area (Å²) in [6, 6.07) is 16.6. The molecule has 0 spiro atoms. The zero-order valence-corrected chi connectivity index (χ0v) is 20.4. The van der Waals surface area contributed by atoms with Crippen molar-refractivity contribution in [1.29, 1.82) is 0 Å². The molecule has 2 aromatic rings. The average molecular weight is 467 g/mol. The fourth-order valence-electron chi connectivity index (χ4n) is 4.22. The Kier molecular flexibility index (Phi) is 8.31. The summed E-state index contributed by atoms with van der Waals surface area (Å²) in [5.41, 5.74) is 2.50. The van der Waals surface area contributed by atoms with E-state index in [0.29, 0.717) is 12.8 Å². The molecular formula is C27H34N2O5. The summed E-state index contributed by atoms with van der Waals surface area (Å²) in [6.45, 7) is 7.30. The fourth-order valence-corrected chi connectivity index (χ4v) is 4.22. The van der Waals surface area contributed by atoms with Crippen molar-refractivity contribution in [2.45, 2.75) is 58.7 Å². The predicted molar refractivity (Wildman–Crippen MR) is 129 cm³/mol. The average Bonchev–Trinajstić information content (AvgIpc) is 3.20. The van der Waals surface area contributed by atoms with Crippen molar-refractivity contribution < 1.29 is 23.9 Å². The van der Waals surface area contributed by atoms with Crippen LogP contribution in [-0.4, -0.2) is 47.7 Å². The molecule has 0 radical (unpaired) electrons. The Hall–Kier alpha value is -3.35. The highest BCUT2D eigenvalue weighted by atomic mass is 16.6. The summed E-state index contributed by atoms with van der Waals surface area (Å²) in [5.74, 6) is -0.976. The normalized spacial score (nSPS) is 14.1. The van der Waals surface area contributed by atoms with Gasteiger partial charge in [0.1, 0.15) is 18.2 Å². The van der Waals surface area contributed by atoms with Gasteiger partial charge in [-0.25, -0.2) is 4.79 Å². The van der Waals surface area contributed by atoms with Crippen molar-refractivity contribution in [3.05, 3.63) is 71.3 Å². The van der Waals surface area contributed by atoms with Crippen LogP contribution < -0.4 is 5.32 Å². The molecule has 1 atom stereocenters. The standard InChI is InChI=1S/C27H34N2O5/c1-5-33-23(30)18-29(17-19-11-7-6-8-12-19)25(31)24(28-26(32)34-27(2,3)4)22-15-20-13-9-10-14-21(20)16-22/h6-14,22,24H,5,15-18H2,1-4H3,(H,28,32)/t24-/m1/s1. The first-order valence-electron chi connectivity index (χ1n) is 11.7. The maximum absolute atomic E-state index is 13.9. The Balaban J connectivity index is 1.87. The van der Waals surface area contributed by atoms with Crippen LogP contribution in [0.4, 0.5) is 4.79 Å². The Bertz CT molecular complexity index is 975. The van der Waals surface area contributed by atoms with Gasteiger partial charge in [0, 0.05) is 6.54 Å². The molecule has 0 bridgehead atoms. The van der Waals surface area contributed by atoms with Crippen molar-refractivity contribution in [1.82, 2.24) is 10.2 Å². The minimum Gasteiger partial charge on any atom is -0.465 e. The third kappa shape index (κ3) is 7.07. The van der Waals surface area contributed by atoms with Gasteiger partial charge in [0.05, 0.1) is 6.61 Å². The minimum atomic E-state index is -0.847. The summed E-state index contributed by atoms with van der Waals surface area (Å²) < 4.78 is 10.6. The molecule has 1 aliphatic carbocycles. The number of carbonyl (C=O) groups excluding carboxylic acids is 3. The molecule has 0 heterocycles.